The second-order valence-corrected chi connectivity index (χ2v) is 7.63. The zero-order valence-corrected chi connectivity index (χ0v) is 14.8. The number of fused-ring (bicyclic) bond motifs is 1. The summed E-state index contributed by atoms with van der Waals surface area (Å²) >= 11 is 1.66. The van der Waals surface area contributed by atoms with Gasteiger partial charge in [-0.25, -0.2) is 4.98 Å². The Kier molecular flexibility index (Phi) is 4.37. The number of thiazole rings is 1. The first-order chi connectivity index (χ1) is 11.7. The van der Waals surface area contributed by atoms with Crippen LogP contribution in [0.15, 0.2) is 41.2 Å². The zero-order chi connectivity index (χ0) is 16.5. The standard InChI is InChI=1S/C19H23N3OS/c1-14(23)21-8-7-19-18(11-21)17(15-5-3-2-4-6-15)10-22(19)9-16-12-24-13-20-16/h2-6,12-13,17-19H,7-11H2,1H3/t17-,18-,19-/m1/s1. The van der Waals surface area contributed by atoms with Crippen LogP contribution in [0.3, 0.4) is 0 Å². The maximum atomic E-state index is 11.9. The molecule has 2 aliphatic heterocycles. The van der Waals surface area contributed by atoms with Crippen LogP contribution in [0.25, 0.3) is 0 Å². The lowest BCUT2D eigenvalue weighted by molar-refractivity contribution is -0.131. The Morgan fingerprint density at radius 2 is 2.12 bits per heavy atom. The number of aromatic nitrogens is 1. The van der Waals surface area contributed by atoms with E-state index in [2.05, 4.69) is 45.6 Å². The molecular weight excluding hydrogens is 318 g/mol. The van der Waals surface area contributed by atoms with E-state index in [0.717, 1.165) is 32.6 Å². The van der Waals surface area contributed by atoms with Crippen LogP contribution in [0.2, 0.25) is 0 Å². The summed E-state index contributed by atoms with van der Waals surface area (Å²) in [5.74, 6) is 1.22. The van der Waals surface area contributed by atoms with Crippen LogP contribution in [0.1, 0.15) is 30.5 Å². The fraction of sp³-hybridized carbons (Fsp3) is 0.474. The average molecular weight is 341 g/mol. The maximum absolute atomic E-state index is 11.9. The molecule has 2 aliphatic rings. The quantitative estimate of drug-likeness (QED) is 0.861. The lowest BCUT2D eigenvalue weighted by atomic mass is 9.82. The minimum atomic E-state index is 0.207. The number of carbonyl (C=O) groups is 1. The van der Waals surface area contributed by atoms with Crippen LogP contribution in [-0.2, 0) is 11.3 Å². The molecule has 4 nitrogen and oxygen atoms in total. The molecule has 0 unspecified atom stereocenters. The first-order valence-electron chi connectivity index (χ1n) is 8.64. The van der Waals surface area contributed by atoms with E-state index in [0.29, 0.717) is 17.9 Å². The van der Waals surface area contributed by atoms with Crippen molar-refractivity contribution in [1.29, 1.82) is 0 Å². The van der Waals surface area contributed by atoms with Crippen LogP contribution in [0, 0.1) is 5.92 Å². The molecule has 4 rings (SSSR count). The van der Waals surface area contributed by atoms with Gasteiger partial charge in [-0.3, -0.25) is 9.69 Å². The van der Waals surface area contributed by atoms with Gasteiger partial charge in [0.2, 0.25) is 5.91 Å². The summed E-state index contributed by atoms with van der Waals surface area (Å²) in [7, 11) is 0. The van der Waals surface area contributed by atoms with Crippen molar-refractivity contribution in [2.45, 2.75) is 31.8 Å². The molecule has 0 spiro atoms. The highest BCUT2D eigenvalue weighted by Gasteiger charge is 2.45. The number of amides is 1. The summed E-state index contributed by atoms with van der Waals surface area (Å²) in [4.78, 5) is 21.0. The third-order valence-corrected chi connectivity index (χ3v) is 6.19. The normalized spacial score (nSPS) is 27.2. The molecule has 2 fully saturated rings. The largest absolute Gasteiger partial charge is 0.343 e. The lowest BCUT2D eigenvalue weighted by Crippen LogP contribution is -2.47. The van der Waals surface area contributed by atoms with Crippen molar-refractivity contribution in [3.05, 3.63) is 52.5 Å². The fourth-order valence-corrected chi connectivity index (χ4v) is 4.94. The highest BCUT2D eigenvalue weighted by atomic mass is 32.1. The van der Waals surface area contributed by atoms with E-state index in [1.807, 2.05) is 10.4 Å². The first kappa shape index (κ1) is 15.8. The van der Waals surface area contributed by atoms with Crippen molar-refractivity contribution in [2.75, 3.05) is 19.6 Å². The Balaban J connectivity index is 1.60. The number of benzene rings is 1. The predicted octanol–water partition coefficient (Wildman–Crippen LogP) is 2.98. The van der Waals surface area contributed by atoms with E-state index in [1.54, 1.807) is 18.3 Å². The van der Waals surface area contributed by atoms with Gasteiger partial charge < -0.3 is 4.90 Å². The van der Waals surface area contributed by atoms with Crippen molar-refractivity contribution >= 4 is 17.2 Å². The zero-order valence-electron chi connectivity index (χ0n) is 14.0. The van der Waals surface area contributed by atoms with Gasteiger partial charge in [-0.1, -0.05) is 30.3 Å². The summed E-state index contributed by atoms with van der Waals surface area (Å²) in [6, 6.07) is 11.3. The fourth-order valence-electron chi connectivity index (χ4n) is 4.39. The van der Waals surface area contributed by atoms with E-state index < -0.39 is 0 Å². The SMILES string of the molecule is CC(=O)N1CC[C@@H]2[C@H](C1)[C@@H](c1ccccc1)CN2Cc1cscn1. The maximum Gasteiger partial charge on any atom is 0.219 e. The highest BCUT2D eigenvalue weighted by Crippen LogP contribution is 2.42. The lowest BCUT2D eigenvalue weighted by Gasteiger charge is -2.38. The molecule has 126 valence electrons. The molecule has 1 aromatic heterocycles. The molecule has 3 heterocycles. The second-order valence-electron chi connectivity index (χ2n) is 6.91. The molecule has 2 aromatic rings. The number of hydrogen-bond acceptors (Lipinski definition) is 4. The third kappa shape index (κ3) is 2.98. The molecule has 1 amide bonds. The number of rotatable bonds is 3. The monoisotopic (exact) mass is 341 g/mol. The number of carbonyl (C=O) groups excluding carboxylic acids is 1. The van der Waals surface area contributed by atoms with Crippen molar-refractivity contribution in [3.8, 4) is 0 Å². The Morgan fingerprint density at radius 1 is 1.29 bits per heavy atom. The van der Waals surface area contributed by atoms with Crippen LogP contribution in [-0.4, -0.2) is 46.4 Å². The van der Waals surface area contributed by atoms with Crippen molar-refractivity contribution < 1.29 is 4.79 Å². The van der Waals surface area contributed by atoms with Gasteiger partial charge in [0.1, 0.15) is 0 Å². The van der Waals surface area contributed by atoms with Crippen LogP contribution in [0.5, 0.6) is 0 Å². The van der Waals surface area contributed by atoms with Crippen LogP contribution in [0.4, 0.5) is 0 Å². The third-order valence-electron chi connectivity index (χ3n) is 5.56. The van der Waals surface area contributed by atoms with Gasteiger partial charge >= 0.3 is 0 Å². The van der Waals surface area contributed by atoms with E-state index >= 15 is 0 Å². The van der Waals surface area contributed by atoms with Gasteiger partial charge in [0.25, 0.3) is 0 Å². The Bertz CT molecular complexity index is 688. The summed E-state index contributed by atoms with van der Waals surface area (Å²) < 4.78 is 0. The van der Waals surface area contributed by atoms with Gasteiger partial charge in [0, 0.05) is 56.4 Å². The highest BCUT2D eigenvalue weighted by molar-refractivity contribution is 7.07. The summed E-state index contributed by atoms with van der Waals surface area (Å²) in [5, 5.41) is 2.15. The molecule has 2 saturated heterocycles. The Morgan fingerprint density at radius 3 is 2.83 bits per heavy atom. The van der Waals surface area contributed by atoms with E-state index in [1.165, 1.54) is 11.3 Å². The van der Waals surface area contributed by atoms with Gasteiger partial charge in [-0.2, -0.15) is 0 Å². The van der Waals surface area contributed by atoms with Gasteiger partial charge in [0.15, 0.2) is 0 Å². The Labute approximate surface area is 147 Å². The molecular formula is C19H23N3OS. The molecule has 0 N–H and O–H groups in total. The van der Waals surface area contributed by atoms with E-state index in [4.69, 9.17) is 0 Å². The smallest absolute Gasteiger partial charge is 0.219 e. The molecule has 24 heavy (non-hydrogen) atoms. The van der Waals surface area contributed by atoms with Crippen molar-refractivity contribution in [1.82, 2.24) is 14.8 Å². The Hall–Kier alpha value is -1.72. The van der Waals surface area contributed by atoms with Crippen molar-refractivity contribution in [2.24, 2.45) is 5.92 Å². The molecule has 0 radical (unpaired) electrons. The number of piperidine rings is 1. The van der Waals surface area contributed by atoms with E-state index in [9.17, 15) is 4.79 Å². The van der Waals surface area contributed by atoms with Gasteiger partial charge in [-0.15, -0.1) is 11.3 Å². The average Bonchev–Trinajstić information content (AvgIpc) is 3.24. The number of hydrogen-bond donors (Lipinski definition) is 0. The van der Waals surface area contributed by atoms with E-state index in [-0.39, 0.29) is 5.91 Å². The first-order valence-corrected chi connectivity index (χ1v) is 9.58. The minimum Gasteiger partial charge on any atom is -0.343 e. The van der Waals surface area contributed by atoms with Crippen molar-refractivity contribution in [3.63, 3.8) is 0 Å². The second kappa shape index (κ2) is 6.65. The number of nitrogens with zero attached hydrogens (tertiary/aromatic N) is 3. The summed E-state index contributed by atoms with van der Waals surface area (Å²) in [5.41, 5.74) is 4.48. The summed E-state index contributed by atoms with van der Waals surface area (Å²) in [6.07, 6.45) is 1.07. The number of likely N-dealkylation sites (tertiary alicyclic amines) is 2. The summed E-state index contributed by atoms with van der Waals surface area (Å²) in [6.45, 7) is 5.44. The molecule has 3 atom stereocenters. The molecule has 0 aliphatic carbocycles. The van der Waals surface area contributed by atoms with Gasteiger partial charge in [0.05, 0.1) is 11.2 Å². The predicted molar refractivity (Wildman–Crippen MR) is 95.9 cm³/mol. The minimum absolute atomic E-state index is 0.207. The molecule has 1 aromatic carbocycles. The van der Waals surface area contributed by atoms with Crippen LogP contribution < -0.4 is 0 Å². The van der Waals surface area contributed by atoms with Gasteiger partial charge in [-0.05, 0) is 12.0 Å². The molecule has 0 saturated carbocycles. The molecule has 0 bridgehead atoms. The van der Waals surface area contributed by atoms with Crippen LogP contribution >= 0.6 is 11.3 Å². The topological polar surface area (TPSA) is 36.4 Å². The molecule has 5 heteroatoms.